The van der Waals surface area contributed by atoms with E-state index in [1.54, 1.807) is 0 Å². The number of rotatable bonds is 1. The van der Waals surface area contributed by atoms with Crippen molar-refractivity contribution in [1.29, 1.82) is 0 Å². The van der Waals surface area contributed by atoms with Gasteiger partial charge in [-0.3, -0.25) is 4.90 Å². The first-order chi connectivity index (χ1) is 11.7. The predicted octanol–water partition coefficient (Wildman–Crippen LogP) is 5.30. The molecular weight excluding hydrogens is 294 g/mol. The minimum absolute atomic E-state index is 0.0843. The summed E-state index contributed by atoms with van der Waals surface area (Å²) in [6.07, 6.45) is 0.0843. The molecule has 3 aromatic carbocycles. The van der Waals surface area contributed by atoms with E-state index in [0.717, 1.165) is 0 Å². The fourth-order valence-electron chi connectivity index (χ4n) is 3.80. The van der Waals surface area contributed by atoms with Crippen molar-refractivity contribution in [3.8, 4) is 0 Å². The highest BCUT2D eigenvalue weighted by molar-refractivity contribution is 5.95. The first-order valence-corrected chi connectivity index (χ1v) is 8.34. The molecule has 0 spiro atoms. The van der Waals surface area contributed by atoms with E-state index < -0.39 is 0 Å². The largest absolute Gasteiger partial charge is 0.346 e. The third kappa shape index (κ3) is 1.78. The Morgan fingerprint density at radius 1 is 0.708 bits per heavy atom. The SMILES string of the molecule is Cc1cccc(N2c3ccc(C)cc3N3c4ccccc4NC23)c1. The number of hydrogen-bond donors (Lipinski definition) is 1. The Kier molecular flexibility index (Phi) is 2.69. The summed E-state index contributed by atoms with van der Waals surface area (Å²) in [6, 6.07) is 23.9. The molecule has 1 atom stereocenters. The van der Waals surface area contributed by atoms with Gasteiger partial charge < -0.3 is 10.2 Å². The van der Waals surface area contributed by atoms with Crippen LogP contribution in [-0.4, -0.2) is 6.29 Å². The van der Waals surface area contributed by atoms with Crippen molar-refractivity contribution >= 4 is 28.4 Å². The quantitative estimate of drug-likeness (QED) is 0.657. The molecule has 1 N–H and O–H groups in total. The van der Waals surface area contributed by atoms with Crippen molar-refractivity contribution in [2.75, 3.05) is 15.1 Å². The topological polar surface area (TPSA) is 18.5 Å². The van der Waals surface area contributed by atoms with Gasteiger partial charge in [0.1, 0.15) is 0 Å². The van der Waals surface area contributed by atoms with Crippen LogP contribution in [0.25, 0.3) is 0 Å². The van der Waals surface area contributed by atoms with Crippen molar-refractivity contribution < 1.29 is 0 Å². The third-order valence-electron chi connectivity index (χ3n) is 4.87. The minimum atomic E-state index is 0.0843. The molecule has 2 aliphatic rings. The molecule has 118 valence electrons. The molecule has 2 heterocycles. The molecule has 5 rings (SSSR count). The lowest BCUT2D eigenvalue weighted by atomic mass is 10.1. The summed E-state index contributed by atoms with van der Waals surface area (Å²) in [6.45, 7) is 4.30. The molecule has 0 aliphatic carbocycles. The summed E-state index contributed by atoms with van der Waals surface area (Å²) in [5.74, 6) is 0. The van der Waals surface area contributed by atoms with Crippen LogP contribution in [0.2, 0.25) is 0 Å². The van der Waals surface area contributed by atoms with Crippen molar-refractivity contribution in [2.45, 2.75) is 20.1 Å². The van der Waals surface area contributed by atoms with E-state index in [0.29, 0.717) is 0 Å². The standard InChI is InChI=1S/C21H19N3/c1-14-6-5-7-16(12-14)23-19-11-10-15(2)13-20(19)24-18-9-4-3-8-17(18)22-21(23)24/h3-13,21-22H,1-2H3. The lowest BCUT2D eigenvalue weighted by Crippen LogP contribution is -2.40. The molecule has 3 heteroatoms. The second-order valence-corrected chi connectivity index (χ2v) is 6.61. The molecule has 24 heavy (non-hydrogen) atoms. The molecule has 2 aliphatic heterocycles. The second-order valence-electron chi connectivity index (χ2n) is 6.61. The van der Waals surface area contributed by atoms with Gasteiger partial charge in [0.2, 0.25) is 0 Å². The number of nitrogens with zero attached hydrogens (tertiary/aromatic N) is 2. The average Bonchev–Trinajstić information content (AvgIpc) is 3.09. The smallest absolute Gasteiger partial charge is 0.187 e. The van der Waals surface area contributed by atoms with Gasteiger partial charge >= 0.3 is 0 Å². The summed E-state index contributed by atoms with van der Waals surface area (Å²) < 4.78 is 0. The van der Waals surface area contributed by atoms with E-state index in [9.17, 15) is 0 Å². The van der Waals surface area contributed by atoms with Crippen LogP contribution in [0.4, 0.5) is 28.4 Å². The lowest BCUT2D eigenvalue weighted by Gasteiger charge is -2.28. The molecule has 3 nitrogen and oxygen atoms in total. The fourth-order valence-corrected chi connectivity index (χ4v) is 3.80. The Hall–Kier alpha value is -2.94. The number of nitrogens with one attached hydrogen (secondary N) is 1. The molecule has 3 aromatic rings. The van der Waals surface area contributed by atoms with E-state index >= 15 is 0 Å². The number of para-hydroxylation sites is 2. The van der Waals surface area contributed by atoms with Crippen molar-refractivity contribution in [1.82, 2.24) is 0 Å². The van der Waals surface area contributed by atoms with Crippen molar-refractivity contribution in [3.63, 3.8) is 0 Å². The number of aryl methyl sites for hydroxylation is 2. The van der Waals surface area contributed by atoms with Gasteiger partial charge in [0.25, 0.3) is 0 Å². The first kappa shape index (κ1) is 13.5. The monoisotopic (exact) mass is 313 g/mol. The van der Waals surface area contributed by atoms with E-state index in [2.05, 4.69) is 95.7 Å². The van der Waals surface area contributed by atoms with Crippen LogP contribution in [0, 0.1) is 13.8 Å². The molecule has 0 fully saturated rings. The highest BCUT2D eigenvalue weighted by Crippen LogP contribution is 2.52. The van der Waals surface area contributed by atoms with Crippen LogP contribution in [-0.2, 0) is 0 Å². The predicted molar refractivity (Wildman–Crippen MR) is 100 cm³/mol. The Morgan fingerprint density at radius 3 is 2.42 bits per heavy atom. The van der Waals surface area contributed by atoms with Gasteiger partial charge in [-0.1, -0.05) is 30.3 Å². The first-order valence-electron chi connectivity index (χ1n) is 8.34. The maximum absolute atomic E-state index is 3.68. The van der Waals surface area contributed by atoms with Crippen LogP contribution in [0.5, 0.6) is 0 Å². The molecule has 0 bridgehead atoms. The molecule has 0 aromatic heterocycles. The highest BCUT2D eigenvalue weighted by Gasteiger charge is 2.42. The maximum Gasteiger partial charge on any atom is 0.187 e. The second kappa shape index (κ2) is 4.78. The van der Waals surface area contributed by atoms with Gasteiger partial charge in [0.05, 0.1) is 22.7 Å². The van der Waals surface area contributed by atoms with Gasteiger partial charge in [0, 0.05) is 5.69 Å². The zero-order valence-corrected chi connectivity index (χ0v) is 13.8. The van der Waals surface area contributed by atoms with Crippen LogP contribution < -0.4 is 15.1 Å². The van der Waals surface area contributed by atoms with E-state index in [1.165, 1.54) is 39.6 Å². The Balaban J connectivity index is 1.74. The maximum atomic E-state index is 3.68. The average molecular weight is 313 g/mol. The molecule has 1 unspecified atom stereocenters. The van der Waals surface area contributed by atoms with Crippen molar-refractivity contribution in [2.24, 2.45) is 0 Å². The summed E-state index contributed by atoms with van der Waals surface area (Å²) >= 11 is 0. The van der Waals surface area contributed by atoms with Gasteiger partial charge in [-0.2, -0.15) is 0 Å². The van der Waals surface area contributed by atoms with Crippen LogP contribution in [0.3, 0.4) is 0 Å². The number of benzene rings is 3. The summed E-state index contributed by atoms with van der Waals surface area (Å²) in [7, 11) is 0. The Bertz CT molecular complexity index is 947. The number of fused-ring (bicyclic) bond motifs is 5. The Morgan fingerprint density at radius 2 is 1.54 bits per heavy atom. The minimum Gasteiger partial charge on any atom is -0.346 e. The van der Waals surface area contributed by atoms with Crippen molar-refractivity contribution in [3.05, 3.63) is 77.9 Å². The van der Waals surface area contributed by atoms with Gasteiger partial charge in [-0.25, -0.2) is 0 Å². The fraction of sp³-hybridized carbons (Fsp3) is 0.143. The zero-order valence-electron chi connectivity index (χ0n) is 13.8. The van der Waals surface area contributed by atoms with E-state index in [-0.39, 0.29) is 6.29 Å². The zero-order chi connectivity index (χ0) is 16.3. The molecular formula is C21H19N3. The van der Waals surface area contributed by atoms with Crippen LogP contribution in [0.1, 0.15) is 11.1 Å². The van der Waals surface area contributed by atoms with Crippen LogP contribution >= 0.6 is 0 Å². The summed E-state index contributed by atoms with van der Waals surface area (Å²) in [5, 5.41) is 3.68. The van der Waals surface area contributed by atoms with Gasteiger partial charge in [0.15, 0.2) is 6.29 Å². The normalized spacial score (nSPS) is 17.3. The summed E-state index contributed by atoms with van der Waals surface area (Å²) in [5.41, 5.74) is 8.71. The number of hydrogen-bond acceptors (Lipinski definition) is 3. The van der Waals surface area contributed by atoms with Gasteiger partial charge in [-0.05, 0) is 61.4 Å². The molecule has 0 amide bonds. The van der Waals surface area contributed by atoms with Crippen LogP contribution in [0.15, 0.2) is 66.7 Å². The third-order valence-corrected chi connectivity index (χ3v) is 4.87. The molecule has 0 saturated carbocycles. The van der Waals surface area contributed by atoms with E-state index in [1.807, 2.05) is 0 Å². The lowest BCUT2D eigenvalue weighted by molar-refractivity contribution is 0.808. The van der Waals surface area contributed by atoms with Gasteiger partial charge in [-0.15, -0.1) is 0 Å². The molecule has 0 saturated heterocycles. The number of anilines is 5. The van der Waals surface area contributed by atoms with E-state index in [4.69, 9.17) is 0 Å². The Labute approximate surface area is 142 Å². The summed E-state index contributed by atoms with van der Waals surface area (Å²) in [4.78, 5) is 4.79. The molecule has 0 radical (unpaired) electrons. The highest BCUT2D eigenvalue weighted by atomic mass is 15.5.